The van der Waals surface area contributed by atoms with E-state index >= 15 is 0 Å². The predicted molar refractivity (Wildman–Crippen MR) is 91.5 cm³/mol. The molecule has 2 aromatic heterocycles. The second-order valence-corrected chi connectivity index (χ2v) is 7.32. The lowest BCUT2D eigenvalue weighted by atomic mass is 10.1. The maximum absolute atomic E-state index is 11.6. The molecule has 0 radical (unpaired) electrons. The maximum atomic E-state index is 11.6. The Bertz CT molecular complexity index is 1090. The number of aromatic nitrogens is 3. The third-order valence-corrected chi connectivity index (χ3v) is 4.19. The van der Waals surface area contributed by atoms with Crippen molar-refractivity contribution < 1.29 is 8.42 Å². The van der Waals surface area contributed by atoms with Crippen LogP contribution in [0.1, 0.15) is 16.7 Å². The monoisotopic (exact) mass is 341 g/mol. The van der Waals surface area contributed by atoms with Crippen LogP contribution >= 0.6 is 0 Å². The Kier molecular flexibility index (Phi) is 3.73. The third-order valence-electron chi connectivity index (χ3n) is 3.62. The largest absolute Gasteiger partial charge is 0.266 e. The minimum atomic E-state index is -3.56. The Balaban J connectivity index is 2.27. The van der Waals surface area contributed by atoms with Gasteiger partial charge in [-0.1, -0.05) is 18.2 Å². The van der Waals surface area contributed by atoms with E-state index < -0.39 is 10.0 Å². The molecule has 2 heterocycles. The highest BCUT2D eigenvalue weighted by Gasteiger charge is 2.17. The molecule has 122 valence electrons. The van der Waals surface area contributed by atoms with Crippen LogP contribution < -0.4 is 4.72 Å². The number of sulfonamides is 1. The quantitative estimate of drug-likeness (QED) is 0.787. The van der Waals surface area contributed by atoms with E-state index in [1.54, 1.807) is 0 Å². The number of anilines is 1. The van der Waals surface area contributed by atoms with Crippen molar-refractivity contribution in [1.82, 2.24) is 14.8 Å². The van der Waals surface area contributed by atoms with Gasteiger partial charge >= 0.3 is 0 Å². The smallest absolute Gasteiger partial charge is 0.231 e. The summed E-state index contributed by atoms with van der Waals surface area (Å²) in [4.78, 5) is 4.60. The van der Waals surface area contributed by atoms with Crippen LogP contribution in [-0.2, 0) is 10.0 Å². The lowest BCUT2D eigenvalue weighted by Gasteiger charge is -2.11. The summed E-state index contributed by atoms with van der Waals surface area (Å²) in [7, 11) is -3.56. The van der Waals surface area contributed by atoms with E-state index in [0.29, 0.717) is 5.82 Å². The van der Waals surface area contributed by atoms with Crippen LogP contribution in [0.4, 0.5) is 5.82 Å². The van der Waals surface area contributed by atoms with E-state index in [4.69, 9.17) is 0 Å². The molecule has 7 nitrogen and oxygen atoms in total. The van der Waals surface area contributed by atoms with Crippen molar-refractivity contribution in [2.24, 2.45) is 0 Å². The van der Waals surface area contributed by atoms with Crippen LogP contribution in [0.15, 0.2) is 30.5 Å². The molecule has 1 N–H and O–H groups in total. The first-order chi connectivity index (χ1) is 11.3. The molecule has 0 saturated heterocycles. The van der Waals surface area contributed by atoms with Gasteiger partial charge in [0.25, 0.3) is 0 Å². The van der Waals surface area contributed by atoms with Crippen molar-refractivity contribution >= 4 is 26.7 Å². The fraction of sp³-hybridized carbons (Fsp3) is 0.188. The van der Waals surface area contributed by atoms with Crippen molar-refractivity contribution in [2.45, 2.75) is 13.8 Å². The average molecular weight is 341 g/mol. The molecule has 0 fully saturated rings. The van der Waals surface area contributed by atoms with Crippen molar-refractivity contribution in [3.63, 3.8) is 0 Å². The first-order valence-electron chi connectivity index (χ1n) is 7.13. The third kappa shape index (κ3) is 2.81. The van der Waals surface area contributed by atoms with E-state index in [1.807, 2.05) is 44.2 Å². The predicted octanol–water partition coefficient (Wildman–Crippen LogP) is 2.28. The van der Waals surface area contributed by atoms with Crippen LogP contribution in [-0.4, -0.2) is 29.4 Å². The fourth-order valence-corrected chi connectivity index (χ4v) is 3.08. The molecule has 0 unspecified atom stereocenters. The Morgan fingerprint density at radius 1 is 1.25 bits per heavy atom. The number of nitrogens with one attached hydrogen (secondary N) is 1. The summed E-state index contributed by atoms with van der Waals surface area (Å²) >= 11 is 0. The Morgan fingerprint density at radius 3 is 2.67 bits per heavy atom. The minimum Gasteiger partial charge on any atom is -0.266 e. The highest BCUT2D eigenvalue weighted by Crippen LogP contribution is 2.25. The number of nitrogens with zero attached hydrogens (tertiary/aromatic N) is 4. The van der Waals surface area contributed by atoms with Gasteiger partial charge < -0.3 is 0 Å². The minimum absolute atomic E-state index is 0.0832. The molecule has 0 bridgehead atoms. The summed E-state index contributed by atoms with van der Waals surface area (Å²) in [6.07, 6.45) is 2.33. The van der Waals surface area contributed by atoms with Crippen molar-refractivity contribution in [3.05, 3.63) is 47.2 Å². The normalized spacial score (nSPS) is 11.4. The number of fused-ring (bicyclic) bond motifs is 1. The van der Waals surface area contributed by atoms with Crippen LogP contribution in [0.2, 0.25) is 0 Å². The number of rotatable bonds is 3. The second kappa shape index (κ2) is 5.62. The van der Waals surface area contributed by atoms with Gasteiger partial charge in [0.2, 0.25) is 10.0 Å². The number of nitriles is 1. The lowest BCUT2D eigenvalue weighted by Crippen LogP contribution is -2.15. The molecule has 0 atom stereocenters. The van der Waals surface area contributed by atoms with Gasteiger partial charge in [0.05, 0.1) is 18.0 Å². The number of hydrogen-bond donors (Lipinski definition) is 1. The summed E-state index contributed by atoms with van der Waals surface area (Å²) in [5.74, 6) is 0.529. The SMILES string of the molecule is Cc1cc(-n2ncc(C#N)c2NS(C)(=O)=O)nc2c(C)cccc12. The number of aryl methyl sites for hydroxylation is 2. The van der Waals surface area contributed by atoms with Crippen LogP contribution in [0.3, 0.4) is 0 Å². The molecule has 0 aliphatic heterocycles. The highest BCUT2D eigenvalue weighted by atomic mass is 32.2. The topological polar surface area (TPSA) is 101 Å². The van der Waals surface area contributed by atoms with E-state index in [9.17, 15) is 13.7 Å². The van der Waals surface area contributed by atoms with Gasteiger partial charge in [-0.3, -0.25) is 4.72 Å². The zero-order valence-corrected chi connectivity index (χ0v) is 14.2. The first-order valence-corrected chi connectivity index (χ1v) is 9.02. The molecule has 0 aliphatic carbocycles. The molecule has 1 aromatic carbocycles. The Labute approximate surface area is 139 Å². The zero-order chi connectivity index (χ0) is 17.5. The van der Waals surface area contributed by atoms with Gasteiger partial charge in [-0.2, -0.15) is 15.0 Å². The Hall–Kier alpha value is -2.92. The van der Waals surface area contributed by atoms with E-state index in [-0.39, 0.29) is 11.4 Å². The molecule has 0 aliphatic rings. The molecule has 24 heavy (non-hydrogen) atoms. The first kappa shape index (κ1) is 16.0. The molecule has 0 amide bonds. The van der Waals surface area contributed by atoms with E-state index in [2.05, 4.69) is 14.8 Å². The van der Waals surface area contributed by atoms with Crippen molar-refractivity contribution in [1.29, 1.82) is 5.26 Å². The second-order valence-electron chi connectivity index (χ2n) is 5.57. The summed E-state index contributed by atoms with van der Waals surface area (Å²) in [5, 5.41) is 14.3. The van der Waals surface area contributed by atoms with Gasteiger partial charge in [0.1, 0.15) is 11.6 Å². The Morgan fingerprint density at radius 2 is 2.00 bits per heavy atom. The number of benzene rings is 1. The maximum Gasteiger partial charge on any atom is 0.231 e. The molecular formula is C16H15N5O2S. The van der Waals surface area contributed by atoms with Gasteiger partial charge in [-0.25, -0.2) is 13.4 Å². The number of pyridine rings is 1. The molecule has 3 aromatic rings. The fourth-order valence-electron chi connectivity index (χ4n) is 2.53. The molecular weight excluding hydrogens is 326 g/mol. The number of para-hydroxylation sites is 1. The van der Waals surface area contributed by atoms with Crippen molar-refractivity contribution in [3.8, 4) is 11.9 Å². The highest BCUT2D eigenvalue weighted by molar-refractivity contribution is 7.92. The molecule has 3 rings (SSSR count). The van der Waals surface area contributed by atoms with E-state index in [0.717, 1.165) is 28.3 Å². The molecule has 8 heteroatoms. The van der Waals surface area contributed by atoms with Crippen LogP contribution in [0.25, 0.3) is 16.7 Å². The standard InChI is InChI=1S/C16H15N5O2S/c1-10-5-4-6-13-11(2)7-14(19-15(10)13)21-16(20-24(3,22)23)12(8-17)9-18-21/h4-7,9,20H,1-3H3. The van der Waals surface area contributed by atoms with Gasteiger partial charge in [0.15, 0.2) is 11.6 Å². The summed E-state index contributed by atoms with van der Waals surface area (Å²) in [6, 6.07) is 9.64. The lowest BCUT2D eigenvalue weighted by molar-refractivity contribution is 0.606. The summed E-state index contributed by atoms with van der Waals surface area (Å²) in [5.41, 5.74) is 2.93. The van der Waals surface area contributed by atoms with Crippen molar-refractivity contribution in [2.75, 3.05) is 11.0 Å². The van der Waals surface area contributed by atoms with Gasteiger partial charge in [-0.05, 0) is 31.0 Å². The van der Waals surface area contributed by atoms with Crippen LogP contribution in [0, 0.1) is 25.2 Å². The van der Waals surface area contributed by atoms with E-state index in [1.165, 1.54) is 10.9 Å². The summed E-state index contributed by atoms with van der Waals surface area (Å²) in [6.45, 7) is 3.91. The van der Waals surface area contributed by atoms with Gasteiger partial charge in [0, 0.05) is 5.39 Å². The zero-order valence-electron chi connectivity index (χ0n) is 13.4. The number of hydrogen-bond acceptors (Lipinski definition) is 5. The van der Waals surface area contributed by atoms with Gasteiger partial charge in [-0.15, -0.1) is 0 Å². The molecule has 0 saturated carbocycles. The molecule has 0 spiro atoms. The van der Waals surface area contributed by atoms with Crippen LogP contribution in [0.5, 0.6) is 0 Å². The summed E-state index contributed by atoms with van der Waals surface area (Å²) < 4.78 is 26.9. The average Bonchev–Trinajstić information content (AvgIpc) is 2.89.